The summed E-state index contributed by atoms with van der Waals surface area (Å²) >= 11 is 0. The molecular weight excluding hydrogens is 646 g/mol. The highest BCUT2D eigenvalue weighted by Crippen LogP contribution is 2.65. The van der Waals surface area contributed by atoms with Gasteiger partial charge in [0.1, 0.15) is 12.1 Å². The van der Waals surface area contributed by atoms with E-state index in [4.69, 9.17) is 5.73 Å². The van der Waals surface area contributed by atoms with Crippen molar-refractivity contribution in [2.75, 3.05) is 12.3 Å². The largest absolute Gasteiger partial charge is 0.363 e. The van der Waals surface area contributed by atoms with Crippen molar-refractivity contribution < 1.29 is 32.4 Å². The molecule has 5 amide bonds. The van der Waals surface area contributed by atoms with Gasteiger partial charge in [-0.15, -0.1) is 0 Å². The van der Waals surface area contributed by atoms with Crippen LogP contribution in [0.5, 0.6) is 0 Å². The van der Waals surface area contributed by atoms with Crippen LogP contribution in [-0.2, 0) is 29.0 Å². The van der Waals surface area contributed by atoms with Crippen LogP contribution in [-0.4, -0.2) is 78.8 Å². The lowest BCUT2D eigenvalue weighted by Gasteiger charge is -2.40. The van der Waals surface area contributed by atoms with Crippen molar-refractivity contribution in [3.05, 3.63) is 30.3 Å². The third-order valence-corrected chi connectivity index (χ3v) is 13.5. The summed E-state index contributed by atoms with van der Waals surface area (Å²) in [4.78, 5) is 68.5. The molecule has 0 aromatic heterocycles. The van der Waals surface area contributed by atoms with Gasteiger partial charge >= 0.3 is 6.03 Å². The zero-order valence-electron chi connectivity index (χ0n) is 29.4. The SMILES string of the molecule is CC(C)(C)[C@H](NC(=O)NC1(CS(=O)(=O)c2ccccc2)CCCCC1)C(=O)N1CC2[C@@H]([C@H]1C(=O)NC(CC1CCC1)C(=O)C(N)=O)C2(C)C. The number of ketones is 1. The Labute approximate surface area is 290 Å². The third-order valence-electron chi connectivity index (χ3n) is 11.6. The average Bonchev–Trinajstić information content (AvgIpc) is 3.31. The quantitative estimate of drug-likeness (QED) is 0.242. The number of Topliss-reactive ketones (excluding diaryl/α,β-unsaturated/α-hetero) is 1. The molecule has 3 aliphatic carbocycles. The van der Waals surface area contributed by atoms with Crippen LogP contribution in [0.1, 0.15) is 92.4 Å². The summed E-state index contributed by atoms with van der Waals surface area (Å²) in [6.45, 7) is 9.86. The van der Waals surface area contributed by atoms with E-state index in [0.29, 0.717) is 25.8 Å². The van der Waals surface area contributed by atoms with Gasteiger partial charge in [0.15, 0.2) is 9.84 Å². The standard InChI is InChI=1S/C36H53N5O7S/c1-34(2,3)29(39-33(46)40-36(17-10-7-11-18-36)21-49(47,48)23-15-8-6-9-16-23)32(45)41-20-24-26(35(24,4)5)27(41)31(44)38-25(28(42)30(37)43)19-22-13-12-14-22/h6,8-9,15-16,22,24-27,29H,7,10-14,17-21H2,1-5H3,(H2,37,43)(H,38,44)(H2,39,40,46)/t24?,25?,26-,27-,29+/m0/s1. The van der Waals surface area contributed by atoms with Crippen LogP contribution < -0.4 is 21.7 Å². The number of nitrogens with two attached hydrogens (primary N) is 1. The summed E-state index contributed by atoms with van der Waals surface area (Å²) in [5.41, 5.74) is 3.35. The van der Waals surface area contributed by atoms with E-state index in [0.717, 1.165) is 38.5 Å². The molecule has 1 aromatic rings. The number of hydrogen-bond acceptors (Lipinski definition) is 7. The van der Waals surface area contributed by atoms with Gasteiger partial charge in [-0.3, -0.25) is 19.2 Å². The second-order valence-electron chi connectivity index (χ2n) is 16.5. The monoisotopic (exact) mass is 699 g/mol. The first kappa shape index (κ1) is 36.8. The molecular formula is C36H53N5O7S. The van der Waals surface area contributed by atoms with Crippen molar-refractivity contribution in [2.45, 2.75) is 121 Å². The molecule has 5 N–H and O–H groups in total. The highest BCUT2D eigenvalue weighted by Gasteiger charge is 2.70. The number of benzene rings is 1. The molecule has 0 spiro atoms. The van der Waals surface area contributed by atoms with Crippen LogP contribution in [0, 0.1) is 28.6 Å². The predicted octanol–water partition coefficient (Wildman–Crippen LogP) is 3.09. The summed E-state index contributed by atoms with van der Waals surface area (Å²) < 4.78 is 26.9. The van der Waals surface area contributed by atoms with Gasteiger partial charge in [-0.25, -0.2) is 13.2 Å². The molecule has 4 fully saturated rings. The molecule has 5 rings (SSSR count). The first-order chi connectivity index (χ1) is 22.9. The first-order valence-electron chi connectivity index (χ1n) is 17.7. The van der Waals surface area contributed by atoms with Crippen molar-refractivity contribution in [3.8, 4) is 0 Å². The molecule has 1 aliphatic heterocycles. The zero-order chi connectivity index (χ0) is 35.9. The van der Waals surface area contributed by atoms with Crippen molar-refractivity contribution in [1.82, 2.24) is 20.9 Å². The molecule has 1 heterocycles. The molecule has 4 aliphatic rings. The number of piperidine rings is 1. The number of fused-ring (bicyclic) bond motifs is 1. The molecule has 0 radical (unpaired) electrons. The van der Waals surface area contributed by atoms with Gasteiger partial charge in [0.2, 0.25) is 17.6 Å². The number of rotatable bonds is 12. The maximum atomic E-state index is 14.4. The Balaban J connectivity index is 1.35. The topological polar surface area (TPSA) is 185 Å². The Morgan fingerprint density at radius 3 is 2.14 bits per heavy atom. The van der Waals surface area contributed by atoms with E-state index in [1.807, 2.05) is 34.6 Å². The number of likely N-dealkylation sites (tertiary alicyclic amines) is 1. The number of nitrogens with zero attached hydrogens (tertiary/aromatic N) is 1. The zero-order valence-corrected chi connectivity index (χ0v) is 30.2. The summed E-state index contributed by atoms with van der Waals surface area (Å²) in [5, 5.41) is 8.65. The van der Waals surface area contributed by atoms with Gasteiger partial charge < -0.3 is 26.6 Å². The van der Waals surface area contributed by atoms with Crippen LogP contribution in [0.15, 0.2) is 35.2 Å². The van der Waals surface area contributed by atoms with Crippen molar-refractivity contribution in [3.63, 3.8) is 0 Å². The highest BCUT2D eigenvalue weighted by molar-refractivity contribution is 7.91. The minimum atomic E-state index is -3.72. The van der Waals surface area contributed by atoms with Crippen LogP contribution in [0.3, 0.4) is 0 Å². The minimum absolute atomic E-state index is 0.0484. The van der Waals surface area contributed by atoms with Crippen molar-refractivity contribution in [1.29, 1.82) is 0 Å². The lowest BCUT2D eigenvalue weighted by atomic mass is 9.80. The van der Waals surface area contributed by atoms with Gasteiger partial charge in [-0.05, 0) is 60.0 Å². The Bertz CT molecular complexity index is 1560. The summed E-state index contributed by atoms with van der Waals surface area (Å²) in [6.07, 6.45) is 6.58. The van der Waals surface area contributed by atoms with Gasteiger partial charge in [0, 0.05) is 6.54 Å². The molecule has 12 nitrogen and oxygen atoms in total. The van der Waals surface area contributed by atoms with Gasteiger partial charge in [0.25, 0.3) is 5.91 Å². The Hall–Kier alpha value is -3.48. The summed E-state index contributed by atoms with van der Waals surface area (Å²) in [5.74, 6) is -3.05. The van der Waals surface area contributed by atoms with E-state index < -0.39 is 68.5 Å². The molecule has 5 atom stereocenters. The fourth-order valence-electron chi connectivity index (χ4n) is 8.37. The Morgan fingerprint density at radius 1 is 0.959 bits per heavy atom. The third kappa shape index (κ3) is 7.81. The van der Waals surface area contributed by atoms with Crippen LogP contribution in [0.2, 0.25) is 0 Å². The first-order valence-corrected chi connectivity index (χ1v) is 19.3. The maximum Gasteiger partial charge on any atom is 0.315 e. The molecule has 1 saturated heterocycles. The molecule has 13 heteroatoms. The molecule has 2 unspecified atom stereocenters. The van der Waals surface area contributed by atoms with Crippen LogP contribution in [0.25, 0.3) is 0 Å². The smallest absolute Gasteiger partial charge is 0.315 e. The minimum Gasteiger partial charge on any atom is -0.363 e. The highest BCUT2D eigenvalue weighted by atomic mass is 32.2. The van der Waals surface area contributed by atoms with Gasteiger partial charge in [0.05, 0.1) is 22.2 Å². The average molecular weight is 700 g/mol. The van der Waals surface area contributed by atoms with E-state index in [1.165, 1.54) is 4.90 Å². The number of hydrogen-bond donors (Lipinski definition) is 4. The van der Waals surface area contributed by atoms with Gasteiger partial charge in [-0.2, -0.15) is 0 Å². The van der Waals surface area contributed by atoms with E-state index in [2.05, 4.69) is 16.0 Å². The molecule has 49 heavy (non-hydrogen) atoms. The maximum absolute atomic E-state index is 14.4. The second-order valence-corrected chi connectivity index (χ2v) is 18.5. The van der Waals surface area contributed by atoms with E-state index >= 15 is 0 Å². The number of carbonyl (C=O) groups excluding carboxylic acids is 5. The van der Waals surface area contributed by atoms with E-state index in [-0.39, 0.29) is 33.8 Å². The van der Waals surface area contributed by atoms with E-state index in [9.17, 15) is 32.4 Å². The fourth-order valence-corrected chi connectivity index (χ4v) is 10.2. The molecule has 0 bridgehead atoms. The van der Waals surface area contributed by atoms with Crippen LogP contribution in [0.4, 0.5) is 4.79 Å². The van der Waals surface area contributed by atoms with Gasteiger partial charge in [-0.1, -0.05) is 91.3 Å². The molecule has 3 saturated carbocycles. The predicted molar refractivity (Wildman–Crippen MR) is 184 cm³/mol. The molecule has 1 aromatic carbocycles. The van der Waals surface area contributed by atoms with Crippen molar-refractivity contribution >= 4 is 39.4 Å². The number of amides is 5. The van der Waals surface area contributed by atoms with E-state index in [1.54, 1.807) is 30.3 Å². The normalized spacial score (nSPS) is 25.6. The number of sulfone groups is 1. The molecule has 270 valence electrons. The fraction of sp³-hybridized carbons (Fsp3) is 0.694. The second kappa shape index (κ2) is 13.7. The number of carbonyl (C=O) groups is 5. The summed E-state index contributed by atoms with van der Waals surface area (Å²) in [6, 6.07) is 4.54. The summed E-state index contributed by atoms with van der Waals surface area (Å²) in [7, 11) is -3.72. The lowest BCUT2D eigenvalue weighted by molar-refractivity contribution is -0.145. The Morgan fingerprint density at radius 2 is 1.59 bits per heavy atom. The number of urea groups is 1. The Kier molecular flexibility index (Phi) is 10.3. The lowest BCUT2D eigenvalue weighted by Crippen LogP contribution is -2.64. The number of primary amides is 1. The van der Waals surface area contributed by atoms with Crippen molar-refractivity contribution in [2.24, 2.45) is 34.3 Å². The number of nitrogens with one attached hydrogen (secondary N) is 3. The van der Waals surface area contributed by atoms with Crippen LogP contribution >= 0.6 is 0 Å².